The predicted octanol–water partition coefficient (Wildman–Crippen LogP) is -4.28. The minimum absolute atomic E-state index is 0. The first-order valence-electron chi connectivity index (χ1n) is 7.61. The van der Waals surface area contributed by atoms with E-state index >= 15 is 0 Å². The molecule has 0 spiro atoms. The van der Waals surface area contributed by atoms with Gasteiger partial charge in [-0.3, -0.25) is 19.2 Å². The molecule has 2 fully saturated rings. The Hall–Kier alpha value is -1.94. The average molecular weight is 370 g/mol. The second-order valence-corrected chi connectivity index (χ2v) is 5.80. The Morgan fingerprint density at radius 1 is 1.23 bits per heavy atom. The molecular formula is C16H15N2NaO7. The molecule has 2 aliphatic heterocycles. The Labute approximate surface area is 170 Å². The molecule has 0 aromatic heterocycles. The molecule has 4 aliphatic rings. The summed E-state index contributed by atoms with van der Waals surface area (Å²) in [5.74, 6) is -3.76. The van der Waals surface area contributed by atoms with E-state index in [2.05, 4.69) is 34.3 Å². The molecule has 0 saturated carbocycles. The average Bonchev–Trinajstić information content (AvgIpc) is 3.08. The molecule has 2 heterocycles. The zero-order valence-electron chi connectivity index (χ0n) is 14.3. The summed E-state index contributed by atoms with van der Waals surface area (Å²) in [7, 11) is 0. The fraction of sp³-hybridized carbons (Fsp3) is 0.375. The zero-order valence-corrected chi connectivity index (χ0v) is 16.3. The number of hydrogen-bond donors (Lipinski definition) is 1. The summed E-state index contributed by atoms with van der Waals surface area (Å²) in [6.07, 6.45) is -0.418. The molecule has 26 heavy (non-hydrogen) atoms. The molecule has 132 valence electrons. The Morgan fingerprint density at radius 3 is 2.15 bits per heavy atom. The fourth-order valence-electron chi connectivity index (χ4n) is 2.65. The van der Waals surface area contributed by atoms with Crippen LogP contribution in [-0.2, 0) is 28.8 Å². The van der Waals surface area contributed by atoms with Crippen molar-refractivity contribution < 1.29 is 63.4 Å². The third-order valence-electron chi connectivity index (χ3n) is 4.06. The Bertz CT molecular complexity index is 730. The van der Waals surface area contributed by atoms with Crippen LogP contribution in [0.3, 0.4) is 0 Å². The number of fused-ring (bicyclic) bond motifs is 1. The van der Waals surface area contributed by atoms with Gasteiger partial charge in [0.2, 0.25) is 5.91 Å². The third kappa shape index (κ3) is 3.61. The van der Waals surface area contributed by atoms with Gasteiger partial charge in [0.1, 0.15) is 18.6 Å². The van der Waals surface area contributed by atoms with Crippen LogP contribution in [-0.4, -0.2) is 47.2 Å². The van der Waals surface area contributed by atoms with E-state index in [0.717, 1.165) is 0 Å². The number of carbonyl (C=O) groups is 4. The molecule has 0 radical (unpaired) electrons. The van der Waals surface area contributed by atoms with Crippen molar-refractivity contribution >= 4 is 23.8 Å². The van der Waals surface area contributed by atoms with Crippen molar-refractivity contribution in [2.45, 2.75) is 31.5 Å². The van der Waals surface area contributed by atoms with E-state index in [1.807, 2.05) is 0 Å². The Morgan fingerprint density at radius 2 is 1.81 bits per heavy atom. The number of nitrogens with zero attached hydrogens (tertiary/aromatic N) is 1. The van der Waals surface area contributed by atoms with Crippen molar-refractivity contribution in [3.8, 4) is 11.1 Å². The van der Waals surface area contributed by atoms with Gasteiger partial charge in [0.15, 0.2) is 0 Å². The third-order valence-corrected chi connectivity index (χ3v) is 4.06. The number of aliphatic carboxylic acids is 1. The van der Waals surface area contributed by atoms with Gasteiger partial charge in [-0.15, -0.1) is 0 Å². The fourth-order valence-corrected chi connectivity index (χ4v) is 2.65. The van der Waals surface area contributed by atoms with Crippen LogP contribution in [0.2, 0.25) is 0 Å². The Kier molecular flexibility index (Phi) is 6.07. The first-order valence-corrected chi connectivity index (χ1v) is 7.61. The van der Waals surface area contributed by atoms with Gasteiger partial charge in [-0.25, -0.2) is 0 Å². The van der Waals surface area contributed by atoms with Gasteiger partial charge in [-0.05, 0) is 11.1 Å². The number of ether oxygens (including phenoxy) is 1. The molecule has 10 heteroatoms. The summed E-state index contributed by atoms with van der Waals surface area (Å²) in [6.45, 7) is 0.977. The van der Waals surface area contributed by atoms with Crippen LogP contribution >= 0.6 is 0 Å². The maximum absolute atomic E-state index is 11.9. The second-order valence-electron chi connectivity index (χ2n) is 5.80. The number of carboxylic acids is 1. The number of rotatable bonds is 3. The van der Waals surface area contributed by atoms with Gasteiger partial charge < -0.3 is 20.0 Å². The SMILES string of the molecule is CC(=O)N[C@H]1CON(C2(C(=O)[O-])CCC(=O)O2)C1=O.[Na+].c1cc2ccc1-2. The number of hydroxylamine groups is 2. The molecule has 0 bridgehead atoms. The number of nitrogens with one attached hydrogen (secondary N) is 1. The number of esters is 1. The van der Waals surface area contributed by atoms with Crippen LogP contribution in [0.4, 0.5) is 0 Å². The summed E-state index contributed by atoms with van der Waals surface area (Å²) >= 11 is 0. The van der Waals surface area contributed by atoms with E-state index in [0.29, 0.717) is 5.06 Å². The van der Waals surface area contributed by atoms with Crippen LogP contribution in [0, 0.1) is 0 Å². The van der Waals surface area contributed by atoms with Crippen molar-refractivity contribution in [1.82, 2.24) is 10.4 Å². The van der Waals surface area contributed by atoms with Crippen molar-refractivity contribution in [1.29, 1.82) is 0 Å². The monoisotopic (exact) mass is 370 g/mol. The molecule has 0 aromatic carbocycles. The van der Waals surface area contributed by atoms with Crippen LogP contribution in [0.25, 0.3) is 11.1 Å². The number of cyclic esters (lactones) is 1. The number of benzene rings is 1. The smallest absolute Gasteiger partial charge is 0.544 e. The minimum Gasteiger partial charge on any atom is -0.544 e. The number of amides is 2. The second kappa shape index (κ2) is 7.75. The molecule has 2 saturated heterocycles. The quantitative estimate of drug-likeness (QED) is 0.428. The van der Waals surface area contributed by atoms with E-state index in [4.69, 9.17) is 4.84 Å². The molecular weight excluding hydrogens is 355 g/mol. The molecule has 2 atom stereocenters. The van der Waals surface area contributed by atoms with Crippen molar-refractivity contribution in [3.05, 3.63) is 24.3 Å². The molecule has 2 amide bonds. The van der Waals surface area contributed by atoms with Crippen LogP contribution in [0.5, 0.6) is 0 Å². The standard InChI is InChI=1S/C10H12N2O7.C6H4.Na/c1-5(13)11-6-4-18-12(8(6)15)10(9(16)17)3-2-7(14)19-10;1-2-6-4-3-5(1)6;/h6H,2-4H2,1H3,(H,11,13)(H,16,17);1-4H;/q;;+1/p-1/t6-,10?;;/m0../s1. The first kappa shape index (κ1) is 20.4. The minimum atomic E-state index is -2.25. The molecule has 1 unspecified atom stereocenters. The normalized spacial score (nSPS) is 24.8. The van der Waals surface area contributed by atoms with Crippen LogP contribution in [0.15, 0.2) is 24.3 Å². The van der Waals surface area contributed by atoms with Gasteiger partial charge in [0.25, 0.3) is 11.6 Å². The summed E-state index contributed by atoms with van der Waals surface area (Å²) in [5.41, 5.74) is 0.603. The van der Waals surface area contributed by atoms with Gasteiger partial charge >= 0.3 is 35.5 Å². The first-order chi connectivity index (χ1) is 11.8. The maximum Gasteiger partial charge on any atom is 1.00 e. The van der Waals surface area contributed by atoms with Crippen molar-refractivity contribution in [2.24, 2.45) is 0 Å². The molecule has 0 aromatic rings. The van der Waals surface area contributed by atoms with Crippen LogP contribution < -0.4 is 40.0 Å². The zero-order chi connectivity index (χ0) is 18.2. The van der Waals surface area contributed by atoms with E-state index in [1.165, 1.54) is 18.1 Å². The predicted molar refractivity (Wildman–Crippen MR) is 78.9 cm³/mol. The Balaban J connectivity index is 0.000000289. The topological polar surface area (TPSA) is 125 Å². The summed E-state index contributed by atoms with van der Waals surface area (Å²) in [6, 6.07) is 7.48. The van der Waals surface area contributed by atoms with E-state index < -0.39 is 35.5 Å². The summed E-state index contributed by atoms with van der Waals surface area (Å²) in [5, 5.41) is 14.0. The largest absolute Gasteiger partial charge is 1.00 e. The van der Waals surface area contributed by atoms with Crippen molar-refractivity contribution in [3.63, 3.8) is 0 Å². The molecule has 4 rings (SSSR count). The molecule has 9 nitrogen and oxygen atoms in total. The van der Waals surface area contributed by atoms with Gasteiger partial charge in [-0.2, -0.15) is 5.06 Å². The molecule has 2 aliphatic carbocycles. The summed E-state index contributed by atoms with van der Waals surface area (Å²) in [4.78, 5) is 50.1. The molecule has 1 N–H and O–H groups in total. The number of hydrogen-bond acceptors (Lipinski definition) is 7. The van der Waals surface area contributed by atoms with E-state index in [-0.39, 0.29) is 49.0 Å². The number of carboxylic acid groups (broad SMARTS) is 1. The van der Waals surface area contributed by atoms with Gasteiger partial charge in [0.05, 0.1) is 6.42 Å². The number of carbonyl (C=O) groups excluding carboxylic acids is 4. The van der Waals surface area contributed by atoms with Gasteiger partial charge in [-0.1, -0.05) is 24.3 Å². The van der Waals surface area contributed by atoms with E-state index in [1.54, 1.807) is 0 Å². The van der Waals surface area contributed by atoms with Crippen LogP contribution in [0.1, 0.15) is 19.8 Å². The summed E-state index contributed by atoms with van der Waals surface area (Å²) < 4.78 is 4.68. The van der Waals surface area contributed by atoms with E-state index in [9.17, 15) is 24.3 Å². The van der Waals surface area contributed by atoms with Gasteiger partial charge in [0, 0.05) is 13.3 Å². The van der Waals surface area contributed by atoms with Crippen molar-refractivity contribution in [2.75, 3.05) is 6.61 Å². The maximum atomic E-state index is 11.9.